The summed E-state index contributed by atoms with van der Waals surface area (Å²) < 4.78 is 0. The summed E-state index contributed by atoms with van der Waals surface area (Å²) in [7, 11) is 0. The van der Waals surface area contributed by atoms with Crippen molar-refractivity contribution in [1.29, 1.82) is 0 Å². The maximum atomic E-state index is 4.29. The lowest BCUT2D eigenvalue weighted by Crippen LogP contribution is -2.13. The summed E-state index contributed by atoms with van der Waals surface area (Å²) in [6, 6.07) is 8.79. The molecule has 96 valence electrons. The molecule has 1 aromatic heterocycles. The van der Waals surface area contributed by atoms with E-state index in [1.165, 1.54) is 22.6 Å². The van der Waals surface area contributed by atoms with Crippen LogP contribution in [-0.2, 0) is 12.3 Å². The third kappa shape index (κ3) is 4.44. The highest BCUT2D eigenvalue weighted by atomic mass is 32.2. The minimum atomic E-state index is 0.955. The molecule has 0 atom stereocenters. The first kappa shape index (κ1) is 13.6. The van der Waals surface area contributed by atoms with Gasteiger partial charge < -0.3 is 5.32 Å². The molecule has 0 saturated carbocycles. The first-order chi connectivity index (χ1) is 8.88. The third-order valence-corrected chi connectivity index (χ3v) is 4.23. The maximum absolute atomic E-state index is 4.29. The molecule has 0 radical (unpaired) electrons. The van der Waals surface area contributed by atoms with Gasteiger partial charge in [-0.1, -0.05) is 19.1 Å². The van der Waals surface area contributed by atoms with Crippen molar-refractivity contribution in [2.75, 3.05) is 6.54 Å². The fourth-order valence-electron chi connectivity index (χ4n) is 1.58. The van der Waals surface area contributed by atoms with Gasteiger partial charge in [0.2, 0.25) is 0 Å². The van der Waals surface area contributed by atoms with Crippen LogP contribution in [0.1, 0.15) is 24.6 Å². The van der Waals surface area contributed by atoms with E-state index in [-0.39, 0.29) is 0 Å². The number of benzene rings is 1. The summed E-state index contributed by atoms with van der Waals surface area (Å²) in [6.07, 6.45) is 1.18. The van der Waals surface area contributed by atoms with Crippen molar-refractivity contribution in [1.82, 2.24) is 10.3 Å². The van der Waals surface area contributed by atoms with Crippen LogP contribution in [0.15, 0.2) is 40.1 Å². The van der Waals surface area contributed by atoms with Crippen molar-refractivity contribution >= 4 is 23.1 Å². The number of rotatable bonds is 7. The molecule has 0 bridgehead atoms. The Morgan fingerprint density at radius 1 is 1.28 bits per heavy atom. The van der Waals surface area contributed by atoms with E-state index in [1.54, 1.807) is 11.3 Å². The zero-order valence-corrected chi connectivity index (χ0v) is 12.2. The van der Waals surface area contributed by atoms with Gasteiger partial charge in [0.1, 0.15) is 0 Å². The zero-order valence-electron chi connectivity index (χ0n) is 10.6. The Bertz CT molecular complexity index is 437. The SMILES string of the molecule is CCCNCc1ccc(SCc2cscn2)cc1. The largest absolute Gasteiger partial charge is 0.313 e. The third-order valence-electron chi connectivity index (χ3n) is 2.55. The van der Waals surface area contributed by atoms with Crippen LogP contribution in [0.3, 0.4) is 0 Å². The molecule has 1 heterocycles. The standard InChI is InChI=1S/C14H18N2S2/c1-2-7-15-8-12-3-5-14(6-4-12)18-10-13-9-17-11-16-13/h3-6,9,11,15H,2,7-8,10H2,1H3. The molecule has 18 heavy (non-hydrogen) atoms. The summed E-state index contributed by atoms with van der Waals surface area (Å²) in [5, 5.41) is 5.52. The lowest BCUT2D eigenvalue weighted by molar-refractivity contribution is 0.675. The quantitative estimate of drug-likeness (QED) is 0.613. The predicted molar refractivity (Wildman–Crippen MR) is 80.1 cm³/mol. The molecule has 0 unspecified atom stereocenters. The van der Waals surface area contributed by atoms with Gasteiger partial charge in [0.05, 0.1) is 11.2 Å². The number of hydrogen-bond donors (Lipinski definition) is 1. The van der Waals surface area contributed by atoms with E-state index < -0.39 is 0 Å². The fraction of sp³-hybridized carbons (Fsp3) is 0.357. The van der Waals surface area contributed by atoms with Gasteiger partial charge in [-0.15, -0.1) is 23.1 Å². The molecule has 1 aromatic carbocycles. The second kappa shape index (κ2) is 7.56. The summed E-state index contributed by atoms with van der Waals surface area (Å²) in [5.41, 5.74) is 4.40. The van der Waals surface area contributed by atoms with Crippen LogP contribution in [-0.4, -0.2) is 11.5 Å². The van der Waals surface area contributed by atoms with E-state index in [9.17, 15) is 0 Å². The molecule has 2 aromatic rings. The van der Waals surface area contributed by atoms with Gasteiger partial charge in [-0.05, 0) is 30.7 Å². The molecule has 1 N–H and O–H groups in total. The molecular weight excluding hydrogens is 260 g/mol. The zero-order chi connectivity index (χ0) is 12.6. The first-order valence-corrected chi connectivity index (χ1v) is 8.11. The van der Waals surface area contributed by atoms with Gasteiger partial charge in [-0.3, -0.25) is 0 Å². The van der Waals surface area contributed by atoms with Crippen LogP contribution in [0.2, 0.25) is 0 Å². The summed E-state index contributed by atoms with van der Waals surface area (Å²) in [5.74, 6) is 0.955. The molecule has 0 fully saturated rings. The smallest absolute Gasteiger partial charge is 0.0795 e. The second-order valence-electron chi connectivity index (χ2n) is 4.09. The Labute approximate surface area is 117 Å². The number of thioether (sulfide) groups is 1. The van der Waals surface area contributed by atoms with E-state index in [0.717, 1.165) is 18.8 Å². The summed E-state index contributed by atoms with van der Waals surface area (Å²) in [6.45, 7) is 4.23. The topological polar surface area (TPSA) is 24.9 Å². The first-order valence-electron chi connectivity index (χ1n) is 6.18. The summed E-state index contributed by atoms with van der Waals surface area (Å²) >= 11 is 3.49. The Hall–Kier alpha value is -0.840. The molecule has 0 aliphatic heterocycles. The molecular formula is C14H18N2S2. The normalized spacial score (nSPS) is 10.7. The predicted octanol–water partition coefficient (Wildman–Crippen LogP) is 3.94. The van der Waals surface area contributed by atoms with Crippen molar-refractivity contribution < 1.29 is 0 Å². The summed E-state index contributed by atoms with van der Waals surface area (Å²) in [4.78, 5) is 5.59. The van der Waals surface area contributed by atoms with Gasteiger partial charge in [-0.2, -0.15) is 0 Å². The number of hydrogen-bond acceptors (Lipinski definition) is 4. The highest BCUT2D eigenvalue weighted by molar-refractivity contribution is 7.98. The van der Waals surface area contributed by atoms with E-state index in [2.05, 4.69) is 46.9 Å². The van der Waals surface area contributed by atoms with Crippen molar-refractivity contribution in [2.24, 2.45) is 0 Å². The van der Waals surface area contributed by atoms with Gasteiger partial charge in [0.25, 0.3) is 0 Å². The Balaban J connectivity index is 1.80. The highest BCUT2D eigenvalue weighted by Gasteiger charge is 1.98. The van der Waals surface area contributed by atoms with E-state index in [4.69, 9.17) is 0 Å². The van der Waals surface area contributed by atoms with Gasteiger partial charge in [0.15, 0.2) is 0 Å². The average Bonchev–Trinajstić information content (AvgIpc) is 2.91. The lowest BCUT2D eigenvalue weighted by Gasteiger charge is -2.04. The van der Waals surface area contributed by atoms with E-state index in [1.807, 2.05) is 17.3 Å². The van der Waals surface area contributed by atoms with Crippen LogP contribution in [0.5, 0.6) is 0 Å². The minimum Gasteiger partial charge on any atom is -0.313 e. The number of nitrogens with zero attached hydrogens (tertiary/aromatic N) is 1. The molecule has 2 nitrogen and oxygen atoms in total. The van der Waals surface area contributed by atoms with Crippen LogP contribution < -0.4 is 5.32 Å². The van der Waals surface area contributed by atoms with Gasteiger partial charge in [-0.25, -0.2) is 4.98 Å². The molecule has 0 aliphatic rings. The molecule has 0 amide bonds. The van der Waals surface area contributed by atoms with Crippen LogP contribution in [0.25, 0.3) is 0 Å². The van der Waals surface area contributed by atoms with Crippen molar-refractivity contribution in [3.63, 3.8) is 0 Å². The van der Waals surface area contributed by atoms with Crippen molar-refractivity contribution in [2.45, 2.75) is 30.5 Å². The lowest BCUT2D eigenvalue weighted by atomic mass is 10.2. The van der Waals surface area contributed by atoms with E-state index >= 15 is 0 Å². The Morgan fingerprint density at radius 2 is 2.11 bits per heavy atom. The molecule has 0 spiro atoms. The number of nitrogens with one attached hydrogen (secondary N) is 1. The van der Waals surface area contributed by atoms with E-state index in [0.29, 0.717) is 0 Å². The Morgan fingerprint density at radius 3 is 2.78 bits per heavy atom. The monoisotopic (exact) mass is 278 g/mol. The number of aromatic nitrogens is 1. The number of thiazole rings is 1. The fourth-order valence-corrected chi connectivity index (χ4v) is 3.04. The van der Waals surface area contributed by atoms with Crippen molar-refractivity contribution in [3.8, 4) is 0 Å². The van der Waals surface area contributed by atoms with Crippen LogP contribution >= 0.6 is 23.1 Å². The molecule has 0 saturated heterocycles. The second-order valence-corrected chi connectivity index (χ2v) is 5.86. The maximum Gasteiger partial charge on any atom is 0.0795 e. The van der Waals surface area contributed by atoms with Crippen LogP contribution in [0, 0.1) is 0 Å². The molecule has 2 rings (SSSR count). The van der Waals surface area contributed by atoms with Gasteiger partial charge in [0, 0.05) is 22.6 Å². The Kier molecular flexibility index (Phi) is 5.71. The minimum absolute atomic E-state index is 0.955. The molecule has 4 heteroatoms. The molecule has 0 aliphatic carbocycles. The van der Waals surface area contributed by atoms with Crippen molar-refractivity contribution in [3.05, 3.63) is 46.4 Å². The van der Waals surface area contributed by atoms with Gasteiger partial charge >= 0.3 is 0 Å². The van der Waals surface area contributed by atoms with Crippen LogP contribution in [0.4, 0.5) is 0 Å². The average molecular weight is 278 g/mol. The highest BCUT2D eigenvalue weighted by Crippen LogP contribution is 2.22.